The van der Waals surface area contributed by atoms with Crippen molar-refractivity contribution in [3.8, 4) is 11.5 Å². The molecular weight excluding hydrogens is 356 g/mol. The Hall–Kier alpha value is -3.93. The average molecular weight is 372 g/mol. The van der Waals surface area contributed by atoms with Crippen molar-refractivity contribution in [2.75, 3.05) is 11.4 Å². The fourth-order valence-corrected chi connectivity index (χ4v) is 2.96. The molecule has 0 radical (unpaired) electrons. The first-order valence-corrected chi connectivity index (χ1v) is 8.70. The molecule has 3 aromatic carbocycles. The lowest BCUT2D eigenvalue weighted by molar-refractivity contribution is -0.123. The summed E-state index contributed by atoms with van der Waals surface area (Å²) in [6, 6.07) is 23.7. The van der Waals surface area contributed by atoms with Gasteiger partial charge < -0.3 is 4.74 Å². The van der Waals surface area contributed by atoms with Gasteiger partial charge in [-0.2, -0.15) is 4.90 Å². The van der Waals surface area contributed by atoms with Crippen LogP contribution in [0.4, 0.5) is 10.5 Å². The van der Waals surface area contributed by atoms with Crippen LogP contribution in [0.1, 0.15) is 10.4 Å². The van der Waals surface area contributed by atoms with Crippen LogP contribution in [0.15, 0.2) is 84.9 Å². The minimum Gasteiger partial charge on any atom is -0.457 e. The molecule has 1 fully saturated rings. The highest BCUT2D eigenvalue weighted by Gasteiger charge is 2.41. The molecule has 0 bridgehead atoms. The van der Waals surface area contributed by atoms with Gasteiger partial charge in [0.05, 0.1) is 0 Å². The van der Waals surface area contributed by atoms with Crippen LogP contribution >= 0.6 is 0 Å². The molecule has 0 unspecified atom stereocenters. The molecule has 1 heterocycles. The van der Waals surface area contributed by atoms with Crippen molar-refractivity contribution in [2.45, 2.75) is 0 Å². The van der Waals surface area contributed by atoms with E-state index in [1.807, 2.05) is 24.3 Å². The summed E-state index contributed by atoms with van der Waals surface area (Å²) in [6.45, 7) is -0.172. The highest BCUT2D eigenvalue weighted by molar-refractivity contribution is 6.24. The van der Waals surface area contributed by atoms with Gasteiger partial charge in [0.2, 0.25) is 0 Å². The second kappa shape index (κ2) is 7.36. The molecular formula is C22H16N2O4. The highest BCUT2D eigenvalue weighted by atomic mass is 16.5. The van der Waals surface area contributed by atoms with Crippen LogP contribution in [-0.4, -0.2) is 29.3 Å². The highest BCUT2D eigenvalue weighted by Crippen LogP contribution is 2.25. The molecule has 1 aliphatic heterocycles. The summed E-state index contributed by atoms with van der Waals surface area (Å²) in [4.78, 5) is 39.9. The van der Waals surface area contributed by atoms with Gasteiger partial charge in [-0.15, -0.1) is 0 Å². The van der Waals surface area contributed by atoms with Crippen LogP contribution in [0.2, 0.25) is 0 Å². The smallest absolute Gasteiger partial charge is 0.338 e. The van der Waals surface area contributed by atoms with Gasteiger partial charge in [0.25, 0.3) is 11.8 Å². The SMILES string of the molecule is O=C1CN(c2ccccc2)C(=O)N1C(=O)c1cccc(Oc2ccccc2)c1. The Balaban J connectivity index is 1.57. The first-order chi connectivity index (χ1) is 13.6. The maximum Gasteiger partial charge on any atom is 0.338 e. The number of anilines is 1. The zero-order valence-corrected chi connectivity index (χ0v) is 14.8. The molecule has 6 nitrogen and oxygen atoms in total. The van der Waals surface area contributed by atoms with Gasteiger partial charge in [-0.1, -0.05) is 42.5 Å². The number of hydrogen-bond acceptors (Lipinski definition) is 4. The number of carbonyl (C=O) groups excluding carboxylic acids is 3. The molecule has 0 N–H and O–H groups in total. The number of ether oxygens (including phenoxy) is 1. The van der Waals surface area contributed by atoms with E-state index in [0.717, 1.165) is 0 Å². The molecule has 0 aromatic heterocycles. The van der Waals surface area contributed by atoms with E-state index in [4.69, 9.17) is 4.74 Å². The molecule has 1 aliphatic rings. The van der Waals surface area contributed by atoms with Crippen molar-refractivity contribution in [1.82, 2.24) is 4.90 Å². The molecule has 6 heteroatoms. The van der Waals surface area contributed by atoms with E-state index in [-0.39, 0.29) is 12.1 Å². The number of hydrogen-bond donors (Lipinski definition) is 0. The Labute approximate surface area is 161 Å². The van der Waals surface area contributed by atoms with Crippen molar-refractivity contribution < 1.29 is 19.1 Å². The summed E-state index contributed by atoms with van der Waals surface area (Å²) >= 11 is 0. The molecule has 4 amide bonds. The lowest BCUT2D eigenvalue weighted by Gasteiger charge is -2.16. The summed E-state index contributed by atoms with van der Waals surface area (Å²) < 4.78 is 5.72. The van der Waals surface area contributed by atoms with E-state index in [1.54, 1.807) is 54.6 Å². The molecule has 0 aliphatic carbocycles. The van der Waals surface area contributed by atoms with E-state index >= 15 is 0 Å². The summed E-state index contributed by atoms with van der Waals surface area (Å²) in [6.07, 6.45) is 0. The molecule has 138 valence electrons. The number of urea groups is 1. The predicted octanol–water partition coefficient (Wildman–Crippen LogP) is 4.09. The lowest BCUT2D eigenvalue weighted by atomic mass is 10.2. The maximum absolute atomic E-state index is 12.9. The van der Waals surface area contributed by atoms with E-state index in [2.05, 4.69) is 0 Å². The zero-order valence-electron chi connectivity index (χ0n) is 14.8. The fourth-order valence-electron chi connectivity index (χ4n) is 2.96. The van der Waals surface area contributed by atoms with Gasteiger partial charge in [-0.25, -0.2) is 4.79 Å². The van der Waals surface area contributed by atoms with E-state index in [1.165, 1.54) is 11.0 Å². The molecule has 0 spiro atoms. The lowest BCUT2D eigenvalue weighted by Crippen LogP contribution is -2.38. The molecule has 3 aromatic rings. The van der Waals surface area contributed by atoms with Crippen LogP contribution < -0.4 is 9.64 Å². The predicted molar refractivity (Wildman–Crippen MR) is 103 cm³/mol. The van der Waals surface area contributed by atoms with Gasteiger partial charge in [-0.05, 0) is 42.5 Å². The topological polar surface area (TPSA) is 66.9 Å². The largest absolute Gasteiger partial charge is 0.457 e. The fraction of sp³-hybridized carbons (Fsp3) is 0.0455. The second-order valence-electron chi connectivity index (χ2n) is 6.18. The standard InChI is InChI=1S/C22H16N2O4/c25-20-15-23(17-9-3-1-4-10-17)22(27)24(20)21(26)16-8-7-13-19(14-16)28-18-11-5-2-6-12-18/h1-14H,15H2. The van der Waals surface area contributed by atoms with Crippen molar-refractivity contribution in [1.29, 1.82) is 0 Å². The van der Waals surface area contributed by atoms with Crippen LogP contribution in [-0.2, 0) is 4.79 Å². The number of para-hydroxylation sites is 2. The molecule has 28 heavy (non-hydrogen) atoms. The minimum absolute atomic E-state index is 0.172. The number of rotatable bonds is 4. The Morgan fingerprint density at radius 3 is 2.14 bits per heavy atom. The normalized spacial score (nSPS) is 13.7. The monoisotopic (exact) mass is 372 g/mol. The quantitative estimate of drug-likeness (QED) is 0.511. The third-order valence-electron chi connectivity index (χ3n) is 4.30. The average Bonchev–Trinajstić information content (AvgIpc) is 3.03. The maximum atomic E-state index is 12.9. The van der Waals surface area contributed by atoms with Crippen molar-refractivity contribution in [3.05, 3.63) is 90.5 Å². The molecule has 0 saturated carbocycles. The number of nitrogens with zero attached hydrogens (tertiary/aromatic N) is 2. The van der Waals surface area contributed by atoms with Gasteiger partial charge in [0, 0.05) is 11.3 Å². The second-order valence-corrected chi connectivity index (χ2v) is 6.18. The Morgan fingerprint density at radius 2 is 1.43 bits per heavy atom. The van der Waals surface area contributed by atoms with E-state index in [0.29, 0.717) is 22.1 Å². The Morgan fingerprint density at radius 1 is 0.786 bits per heavy atom. The van der Waals surface area contributed by atoms with E-state index in [9.17, 15) is 14.4 Å². The third kappa shape index (κ3) is 3.35. The Kier molecular flexibility index (Phi) is 4.60. The van der Waals surface area contributed by atoms with E-state index < -0.39 is 17.8 Å². The van der Waals surface area contributed by atoms with Gasteiger partial charge in [-0.3, -0.25) is 14.5 Å². The molecule has 4 rings (SSSR count). The van der Waals surface area contributed by atoms with Crippen molar-refractivity contribution >= 4 is 23.5 Å². The van der Waals surface area contributed by atoms with Gasteiger partial charge in [0.15, 0.2) is 0 Å². The number of carbonyl (C=O) groups is 3. The summed E-state index contributed by atoms with van der Waals surface area (Å²) in [7, 11) is 0. The van der Waals surface area contributed by atoms with Crippen LogP contribution in [0.5, 0.6) is 11.5 Å². The number of amides is 4. The summed E-state index contributed by atoms with van der Waals surface area (Å²) in [5.41, 5.74) is 0.766. The van der Waals surface area contributed by atoms with Crippen molar-refractivity contribution in [2.24, 2.45) is 0 Å². The van der Waals surface area contributed by atoms with Crippen LogP contribution in [0.3, 0.4) is 0 Å². The minimum atomic E-state index is -0.674. The van der Waals surface area contributed by atoms with Crippen molar-refractivity contribution in [3.63, 3.8) is 0 Å². The molecule has 0 atom stereocenters. The summed E-state index contributed by atoms with van der Waals surface area (Å²) in [5.74, 6) is -0.174. The first kappa shape index (κ1) is 17.5. The van der Waals surface area contributed by atoms with Gasteiger partial charge in [0.1, 0.15) is 18.0 Å². The zero-order chi connectivity index (χ0) is 19.5. The number of imide groups is 3. The Bertz CT molecular complexity index is 1030. The summed E-state index contributed by atoms with van der Waals surface area (Å²) in [5, 5.41) is 0. The number of benzene rings is 3. The third-order valence-corrected chi connectivity index (χ3v) is 4.30. The van der Waals surface area contributed by atoms with Crippen LogP contribution in [0, 0.1) is 0 Å². The molecule has 1 saturated heterocycles. The van der Waals surface area contributed by atoms with Gasteiger partial charge >= 0.3 is 6.03 Å². The van der Waals surface area contributed by atoms with Crippen LogP contribution in [0.25, 0.3) is 0 Å². The first-order valence-electron chi connectivity index (χ1n) is 8.70.